The molecule has 1 amide bonds. The number of aliphatic hydroxyl groups is 1. The summed E-state index contributed by atoms with van der Waals surface area (Å²) in [6.07, 6.45) is 0.914. The molecule has 0 unspecified atom stereocenters. The summed E-state index contributed by atoms with van der Waals surface area (Å²) in [6, 6.07) is 5.22. The van der Waals surface area contributed by atoms with Gasteiger partial charge in [-0.3, -0.25) is 4.79 Å². The van der Waals surface area contributed by atoms with Crippen LogP contribution in [0.25, 0.3) is 0 Å². The van der Waals surface area contributed by atoms with E-state index in [1.165, 1.54) is 0 Å². The molecule has 1 rings (SSSR count). The van der Waals surface area contributed by atoms with Crippen molar-refractivity contribution in [3.63, 3.8) is 0 Å². The van der Waals surface area contributed by atoms with Crippen molar-refractivity contribution in [3.05, 3.63) is 34.3 Å². The van der Waals surface area contributed by atoms with Crippen molar-refractivity contribution in [1.82, 2.24) is 4.90 Å². The molecule has 0 aliphatic heterocycles. The van der Waals surface area contributed by atoms with Crippen LogP contribution in [-0.4, -0.2) is 35.1 Å². The van der Waals surface area contributed by atoms with Crippen molar-refractivity contribution in [2.24, 2.45) is 0 Å². The third-order valence-electron chi connectivity index (χ3n) is 2.87. The Kier molecular flexibility index (Phi) is 6.57. The van der Waals surface area contributed by atoms with Gasteiger partial charge < -0.3 is 10.0 Å². The van der Waals surface area contributed by atoms with Gasteiger partial charge in [0.2, 0.25) is 0 Å². The van der Waals surface area contributed by atoms with Crippen LogP contribution in [0.4, 0.5) is 0 Å². The Balaban J connectivity index is 3.02. The van der Waals surface area contributed by atoms with Gasteiger partial charge in [0.25, 0.3) is 5.91 Å². The summed E-state index contributed by atoms with van der Waals surface area (Å²) in [7, 11) is 0. The Labute approximate surface area is 125 Å². The quantitative estimate of drug-likeness (QED) is 0.867. The Bertz CT molecular complexity index is 529. The molecule has 0 aromatic heterocycles. The van der Waals surface area contributed by atoms with Gasteiger partial charge in [0, 0.05) is 23.7 Å². The minimum Gasteiger partial charge on any atom is -0.384 e. The maximum Gasteiger partial charge on any atom is 0.254 e. The summed E-state index contributed by atoms with van der Waals surface area (Å²) in [5, 5.41) is 9.10. The molecule has 0 aliphatic rings. The van der Waals surface area contributed by atoms with Gasteiger partial charge in [-0.05, 0) is 38.5 Å². The Morgan fingerprint density at radius 2 is 2.15 bits per heavy atom. The number of carbonyl (C=O) groups excluding carboxylic acids is 1. The molecule has 0 fully saturated rings. The van der Waals surface area contributed by atoms with E-state index in [0.717, 1.165) is 13.0 Å². The third-order valence-corrected chi connectivity index (χ3v) is 3.18. The third kappa shape index (κ3) is 4.26. The molecule has 1 N–H and O–H groups in total. The first-order chi connectivity index (χ1) is 9.51. The minimum atomic E-state index is -0.214. The fourth-order valence-electron chi connectivity index (χ4n) is 1.89. The van der Waals surface area contributed by atoms with Crippen LogP contribution in [0.2, 0.25) is 5.02 Å². The smallest absolute Gasteiger partial charge is 0.254 e. The number of hydrogen-bond donors (Lipinski definition) is 1. The van der Waals surface area contributed by atoms with E-state index in [9.17, 15) is 4.79 Å². The summed E-state index contributed by atoms with van der Waals surface area (Å²) in [4.78, 5) is 14.3. The highest BCUT2D eigenvalue weighted by molar-refractivity contribution is 6.32. The van der Waals surface area contributed by atoms with Gasteiger partial charge in [-0.25, -0.2) is 0 Å². The van der Waals surface area contributed by atoms with Crippen LogP contribution < -0.4 is 0 Å². The summed E-state index contributed by atoms with van der Waals surface area (Å²) in [5.41, 5.74) is 1.18. The largest absolute Gasteiger partial charge is 0.384 e. The summed E-state index contributed by atoms with van der Waals surface area (Å²) in [5.74, 6) is 5.27. The molecule has 0 heterocycles. The van der Waals surface area contributed by atoms with Crippen LogP contribution in [0.3, 0.4) is 0 Å². The fourth-order valence-corrected chi connectivity index (χ4v) is 2.11. The number of amides is 1. The van der Waals surface area contributed by atoms with Crippen molar-refractivity contribution in [2.45, 2.75) is 33.2 Å². The fraction of sp³-hybridized carbons (Fsp3) is 0.438. The van der Waals surface area contributed by atoms with E-state index in [0.29, 0.717) is 16.1 Å². The number of rotatable bonds is 4. The van der Waals surface area contributed by atoms with E-state index < -0.39 is 0 Å². The summed E-state index contributed by atoms with van der Waals surface area (Å²) < 4.78 is 0. The Morgan fingerprint density at radius 1 is 1.45 bits per heavy atom. The standard InChI is InChI=1S/C16H20ClNO2/c1-4-9-18(12(2)3)16(20)14-8-7-13(6-5-10-19)15(17)11-14/h7-8,11-12,19H,4,9-10H2,1-3H3. The highest BCUT2D eigenvalue weighted by Gasteiger charge is 2.18. The van der Waals surface area contributed by atoms with E-state index in [-0.39, 0.29) is 18.6 Å². The SMILES string of the molecule is CCCN(C(=O)c1ccc(C#CCO)c(Cl)c1)C(C)C. The average molecular weight is 294 g/mol. The zero-order valence-electron chi connectivity index (χ0n) is 12.1. The average Bonchev–Trinajstić information content (AvgIpc) is 2.42. The minimum absolute atomic E-state index is 0.0228. The van der Waals surface area contributed by atoms with E-state index in [1.54, 1.807) is 18.2 Å². The lowest BCUT2D eigenvalue weighted by Gasteiger charge is -2.26. The van der Waals surface area contributed by atoms with Gasteiger partial charge in [0.05, 0.1) is 5.02 Å². The zero-order chi connectivity index (χ0) is 15.1. The molecule has 0 atom stereocenters. The second kappa shape index (κ2) is 7.94. The second-order valence-electron chi connectivity index (χ2n) is 4.75. The summed E-state index contributed by atoms with van der Waals surface area (Å²) >= 11 is 6.12. The monoisotopic (exact) mass is 293 g/mol. The molecule has 0 bridgehead atoms. The molecule has 108 valence electrons. The van der Waals surface area contributed by atoms with Crippen molar-refractivity contribution in [3.8, 4) is 11.8 Å². The maximum atomic E-state index is 12.4. The van der Waals surface area contributed by atoms with Crippen LogP contribution >= 0.6 is 11.6 Å². The topological polar surface area (TPSA) is 40.5 Å². The number of nitrogens with zero attached hydrogens (tertiary/aromatic N) is 1. The summed E-state index contributed by atoms with van der Waals surface area (Å²) in [6.45, 7) is 6.55. The lowest BCUT2D eigenvalue weighted by atomic mass is 10.1. The molecule has 0 saturated heterocycles. The first-order valence-electron chi connectivity index (χ1n) is 6.71. The Hall–Kier alpha value is -1.50. The second-order valence-corrected chi connectivity index (χ2v) is 5.15. The van der Waals surface area contributed by atoms with Gasteiger partial charge >= 0.3 is 0 Å². The molecule has 3 nitrogen and oxygen atoms in total. The van der Waals surface area contributed by atoms with Gasteiger partial charge in [-0.2, -0.15) is 0 Å². The lowest BCUT2D eigenvalue weighted by Crippen LogP contribution is -2.37. The van der Waals surface area contributed by atoms with Gasteiger partial charge in [-0.1, -0.05) is 30.4 Å². The zero-order valence-corrected chi connectivity index (χ0v) is 12.9. The molecule has 0 aliphatic carbocycles. The molecule has 1 aromatic rings. The van der Waals surface area contributed by atoms with Crippen LogP contribution in [0.1, 0.15) is 43.1 Å². The van der Waals surface area contributed by atoms with Crippen molar-refractivity contribution >= 4 is 17.5 Å². The van der Waals surface area contributed by atoms with Crippen LogP contribution in [0.15, 0.2) is 18.2 Å². The number of carbonyl (C=O) groups is 1. The van der Waals surface area contributed by atoms with Crippen LogP contribution in [0, 0.1) is 11.8 Å². The van der Waals surface area contributed by atoms with E-state index >= 15 is 0 Å². The number of halogens is 1. The van der Waals surface area contributed by atoms with E-state index in [1.807, 2.05) is 25.7 Å². The molecule has 4 heteroatoms. The number of aliphatic hydroxyl groups excluding tert-OH is 1. The predicted octanol–water partition coefficient (Wildman–Crippen LogP) is 2.94. The molecule has 0 spiro atoms. The van der Waals surface area contributed by atoms with Crippen LogP contribution in [0.5, 0.6) is 0 Å². The maximum absolute atomic E-state index is 12.4. The van der Waals surface area contributed by atoms with Gasteiger partial charge in [-0.15, -0.1) is 0 Å². The van der Waals surface area contributed by atoms with E-state index in [2.05, 4.69) is 11.8 Å². The predicted molar refractivity (Wildman–Crippen MR) is 81.9 cm³/mol. The molecule has 1 aromatic carbocycles. The molecular formula is C16H20ClNO2. The normalized spacial score (nSPS) is 10.1. The number of benzene rings is 1. The number of hydrogen-bond acceptors (Lipinski definition) is 2. The van der Waals surface area contributed by atoms with Crippen LogP contribution in [-0.2, 0) is 0 Å². The van der Waals surface area contributed by atoms with Crippen molar-refractivity contribution in [1.29, 1.82) is 0 Å². The Morgan fingerprint density at radius 3 is 2.65 bits per heavy atom. The van der Waals surface area contributed by atoms with Crippen molar-refractivity contribution < 1.29 is 9.90 Å². The molecule has 0 saturated carbocycles. The molecule has 20 heavy (non-hydrogen) atoms. The van der Waals surface area contributed by atoms with Crippen molar-refractivity contribution in [2.75, 3.05) is 13.2 Å². The van der Waals surface area contributed by atoms with Gasteiger partial charge in [0.15, 0.2) is 0 Å². The molecule has 0 radical (unpaired) electrons. The highest BCUT2D eigenvalue weighted by atomic mass is 35.5. The van der Waals surface area contributed by atoms with E-state index in [4.69, 9.17) is 16.7 Å². The highest BCUT2D eigenvalue weighted by Crippen LogP contribution is 2.19. The first-order valence-corrected chi connectivity index (χ1v) is 7.09. The first kappa shape index (κ1) is 16.6. The lowest BCUT2D eigenvalue weighted by molar-refractivity contribution is 0.0706. The van der Waals surface area contributed by atoms with Gasteiger partial charge in [0.1, 0.15) is 6.61 Å². The molecular weight excluding hydrogens is 274 g/mol.